The maximum absolute atomic E-state index is 14.0. The number of carbonyl (C=O) groups is 3. The summed E-state index contributed by atoms with van der Waals surface area (Å²) in [7, 11) is 0. The van der Waals surface area contributed by atoms with Crippen LogP contribution in [0, 0.1) is 0 Å². The zero-order valence-electron chi connectivity index (χ0n) is 24.4. The van der Waals surface area contributed by atoms with Crippen molar-refractivity contribution in [1.29, 1.82) is 0 Å². The molecular formula is C32H37Br2N7O3. The highest BCUT2D eigenvalue weighted by Gasteiger charge is 2.34. The summed E-state index contributed by atoms with van der Waals surface area (Å²) in [6, 6.07) is 15.5. The molecule has 2 saturated heterocycles. The number of hydrogen-bond acceptors (Lipinski definition) is 5. The van der Waals surface area contributed by atoms with Crippen molar-refractivity contribution < 1.29 is 14.4 Å². The number of benzene rings is 2. The van der Waals surface area contributed by atoms with E-state index < -0.39 is 12.1 Å². The van der Waals surface area contributed by atoms with Crippen molar-refractivity contribution in [1.82, 2.24) is 20.1 Å². The maximum Gasteiger partial charge on any atom is 0.319 e. The Kier molecular flexibility index (Phi) is 10.4. The first-order valence-corrected chi connectivity index (χ1v) is 16.4. The highest BCUT2D eigenvalue weighted by molar-refractivity contribution is 9.11. The smallest absolute Gasteiger partial charge is 0.319 e. The first kappa shape index (κ1) is 31.8. The van der Waals surface area contributed by atoms with Gasteiger partial charge in [-0.05, 0) is 111 Å². The first-order valence-electron chi connectivity index (χ1n) is 14.8. The molecule has 5 N–H and O–H groups in total. The number of aromatic nitrogens is 1. The number of nitrogens with zero attached hydrogens (tertiary/aromatic N) is 4. The fourth-order valence-corrected chi connectivity index (χ4v) is 7.43. The van der Waals surface area contributed by atoms with Crippen molar-refractivity contribution in [2.24, 2.45) is 5.73 Å². The average molecular weight is 728 g/mol. The van der Waals surface area contributed by atoms with Gasteiger partial charge in [0.25, 0.3) is 0 Å². The van der Waals surface area contributed by atoms with Gasteiger partial charge in [-0.2, -0.15) is 0 Å². The van der Waals surface area contributed by atoms with Crippen LogP contribution in [0.2, 0.25) is 0 Å². The molecular weight excluding hydrogens is 690 g/mol. The summed E-state index contributed by atoms with van der Waals surface area (Å²) in [6.45, 7) is 2.09. The van der Waals surface area contributed by atoms with Crippen molar-refractivity contribution >= 4 is 61.2 Å². The number of piperidine rings is 2. The van der Waals surface area contributed by atoms with Crippen LogP contribution < -0.4 is 21.7 Å². The number of amides is 5. The summed E-state index contributed by atoms with van der Waals surface area (Å²) in [5.74, 6) is 0.269. The number of rotatable bonds is 7. The maximum atomic E-state index is 14.0. The predicted molar refractivity (Wildman–Crippen MR) is 178 cm³/mol. The number of nitrogen functional groups attached to an aromatic ring is 1. The zero-order valence-corrected chi connectivity index (χ0v) is 27.5. The first-order chi connectivity index (χ1) is 21.2. The van der Waals surface area contributed by atoms with E-state index in [4.69, 9.17) is 11.5 Å². The van der Waals surface area contributed by atoms with Crippen LogP contribution >= 0.6 is 31.9 Å². The van der Waals surface area contributed by atoms with E-state index in [-0.39, 0.29) is 18.0 Å². The van der Waals surface area contributed by atoms with E-state index in [1.807, 2.05) is 59.5 Å². The Morgan fingerprint density at radius 1 is 0.909 bits per heavy atom. The Morgan fingerprint density at radius 2 is 1.50 bits per heavy atom. The third-order valence-electron chi connectivity index (χ3n) is 8.55. The van der Waals surface area contributed by atoms with Crippen molar-refractivity contribution in [3.63, 3.8) is 0 Å². The van der Waals surface area contributed by atoms with Crippen LogP contribution in [0.4, 0.5) is 21.0 Å². The van der Waals surface area contributed by atoms with E-state index in [2.05, 4.69) is 42.2 Å². The number of nitrogens with two attached hydrogens (primary N) is 2. The Morgan fingerprint density at radius 3 is 2.09 bits per heavy atom. The molecule has 5 rings (SSSR count). The van der Waals surface area contributed by atoms with Gasteiger partial charge in [-0.25, -0.2) is 9.59 Å². The van der Waals surface area contributed by atoms with Crippen molar-refractivity contribution in [3.05, 3.63) is 87.1 Å². The van der Waals surface area contributed by atoms with Gasteiger partial charge in [-0.3, -0.25) is 14.7 Å². The van der Waals surface area contributed by atoms with Gasteiger partial charge in [0, 0.05) is 65.7 Å². The van der Waals surface area contributed by atoms with Crippen molar-refractivity contribution in [2.45, 2.75) is 50.1 Å². The lowest BCUT2D eigenvalue weighted by atomic mass is 9.89. The minimum atomic E-state index is -0.758. The zero-order chi connectivity index (χ0) is 31.2. The van der Waals surface area contributed by atoms with Crippen LogP contribution in [-0.2, 0) is 11.2 Å². The SMILES string of the molecule is NC(=O)N(c1ccccc1)C1CCN(C(=O)N[C@@H](Cc2cc(Br)c(N)c(Br)c2)C(=O)N2CCC(c3ccncc3)CC2)CC1. The number of pyridine rings is 1. The third kappa shape index (κ3) is 7.52. The molecule has 232 valence electrons. The van der Waals surface area contributed by atoms with Crippen LogP contribution in [0.1, 0.15) is 42.7 Å². The number of nitrogens with one attached hydrogen (secondary N) is 1. The number of halogens is 2. The van der Waals surface area contributed by atoms with Crippen LogP contribution in [0.15, 0.2) is 75.9 Å². The Labute approximate surface area is 274 Å². The van der Waals surface area contributed by atoms with Crippen LogP contribution in [-0.4, -0.2) is 71.0 Å². The Bertz CT molecular complexity index is 1440. The van der Waals surface area contributed by atoms with Gasteiger partial charge in [0.15, 0.2) is 0 Å². The summed E-state index contributed by atoms with van der Waals surface area (Å²) in [5.41, 5.74) is 15.3. The second-order valence-corrected chi connectivity index (χ2v) is 13.0. The normalized spacial score (nSPS) is 16.8. The molecule has 2 aromatic carbocycles. The van der Waals surface area contributed by atoms with Crippen LogP contribution in [0.25, 0.3) is 0 Å². The molecule has 3 aromatic rings. The van der Waals surface area contributed by atoms with Crippen molar-refractivity contribution in [3.8, 4) is 0 Å². The molecule has 0 spiro atoms. The van der Waals surface area contributed by atoms with Gasteiger partial charge in [0.1, 0.15) is 6.04 Å². The Balaban J connectivity index is 1.26. The van der Waals surface area contributed by atoms with Gasteiger partial charge in [0.2, 0.25) is 5.91 Å². The number of para-hydroxylation sites is 1. The summed E-state index contributed by atoms with van der Waals surface area (Å²) >= 11 is 7.00. The van der Waals surface area contributed by atoms with Crippen LogP contribution in [0.3, 0.4) is 0 Å². The molecule has 5 amide bonds. The number of carbonyl (C=O) groups excluding carboxylic acids is 3. The fourth-order valence-electron chi connectivity index (χ4n) is 6.15. The number of hydrogen-bond donors (Lipinski definition) is 3. The van der Waals surface area contributed by atoms with E-state index in [0.717, 1.165) is 33.0 Å². The van der Waals surface area contributed by atoms with Gasteiger partial charge < -0.3 is 26.6 Å². The van der Waals surface area contributed by atoms with Gasteiger partial charge in [0.05, 0.1) is 5.69 Å². The van der Waals surface area contributed by atoms with Gasteiger partial charge >= 0.3 is 12.1 Å². The molecule has 10 nitrogen and oxygen atoms in total. The number of likely N-dealkylation sites (tertiary alicyclic amines) is 2. The summed E-state index contributed by atoms with van der Waals surface area (Å²) in [4.78, 5) is 49.2. The number of primary amides is 1. The highest BCUT2D eigenvalue weighted by atomic mass is 79.9. The molecule has 2 fully saturated rings. The van der Waals surface area contributed by atoms with Gasteiger partial charge in [-0.15, -0.1) is 0 Å². The fraction of sp³-hybridized carbons (Fsp3) is 0.375. The second-order valence-electron chi connectivity index (χ2n) is 11.3. The van der Waals surface area contributed by atoms with Gasteiger partial charge in [-0.1, -0.05) is 18.2 Å². The molecule has 2 aliphatic rings. The van der Waals surface area contributed by atoms with E-state index >= 15 is 0 Å². The summed E-state index contributed by atoms with van der Waals surface area (Å²) in [6.07, 6.45) is 6.76. The average Bonchev–Trinajstić information content (AvgIpc) is 3.04. The molecule has 3 heterocycles. The molecule has 44 heavy (non-hydrogen) atoms. The highest BCUT2D eigenvalue weighted by Crippen LogP contribution is 2.31. The second kappa shape index (κ2) is 14.4. The molecule has 0 radical (unpaired) electrons. The molecule has 0 saturated carbocycles. The topological polar surface area (TPSA) is 138 Å². The molecule has 1 atom stereocenters. The van der Waals surface area contributed by atoms with Crippen molar-refractivity contribution in [2.75, 3.05) is 36.8 Å². The lowest BCUT2D eigenvalue weighted by Gasteiger charge is -2.39. The molecule has 12 heteroatoms. The minimum absolute atomic E-state index is 0.102. The molecule has 0 aliphatic carbocycles. The quantitative estimate of drug-likeness (QED) is 0.285. The number of anilines is 2. The molecule has 1 aromatic heterocycles. The van der Waals surface area contributed by atoms with E-state index in [0.29, 0.717) is 57.0 Å². The van der Waals surface area contributed by atoms with E-state index in [1.54, 1.807) is 22.2 Å². The predicted octanol–water partition coefficient (Wildman–Crippen LogP) is 5.27. The Hall–Kier alpha value is -3.64. The van der Waals surface area contributed by atoms with Crippen LogP contribution in [0.5, 0.6) is 0 Å². The lowest BCUT2D eigenvalue weighted by molar-refractivity contribution is -0.134. The standard InChI is InChI=1S/C32H37Br2N7O3/c33-26-18-21(19-27(34)29(26)35)20-28(30(42)39-14-8-23(9-15-39)22-6-12-37-13-7-22)38-32(44)40-16-10-25(11-17-40)41(31(36)43)24-4-2-1-3-5-24/h1-7,12-13,18-19,23,25,28H,8-11,14-17,20,35H2,(H2,36,43)(H,38,44)/t28-/m0/s1. The lowest BCUT2D eigenvalue weighted by Crippen LogP contribution is -2.57. The summed E-state index contributed by atoms with van der Waals surface area (Å²) in [5, 5.41) is 3.05. The van der Waals surface area contributed by atoms with E-state index in [9.17, 15) is 14.4 Å². The van der Waals surface area contributed by atoms with E-state index in [1.165, 1.54) is 5.56 Å². The molecule has 2 aliphatic heterocycles. The number of urea groups is 2. The monoisotopic (exact) mass is 725 g/mol. The molecule has 0 unspecified atom stereocenters. The summed E-state index contributed by atoms with van der Waals surface area (Å²) < 4.78 is 1.44. The molecule has 0 bridgehead atoms. The largest absolute Gasteiger partial charge is 0.397 e. The third-order valence-corrected chi connectivity index (χ3v) is 9.86. The minimum Gasteiger partial charge on any atom is -0.397 e.